The second-order valence-electron chi connectivity index (χ2n) is 9.55. The lowest BCUT2D eigenvalue weighted by Gasteiger charge is -2.21. The van der Waals surface area contributed by atoms with Crippen LogP contribution in [0.4, 0.5) is 10.6 Å². The molecule has 4 heterocycles. The smallest absolute Gasteiger partial charge is 0.339 e. The molecule has 0 bridgehead atoms. The number of amides is 2. The Labute approximate surface area is 240 Å². The quantitative estimate of drug-likeness (QED) is 0.271. The summed E-state index contributed by atoms with van der Waals surface area (Å²) in [6.45, 7) is 2.27. The van der Waals surface area contributed by atoms with Crippen LogP contribution < -0.4 is 15.4 Å². The standard InChI is InChI=1S/C29H28N6O7/c1-2-30-29(38)34-25-22-26(32-15-31-25)35(16-33-22)27-24-23(41-21(42-24)13-12-17-8-4-3-5-9-17)20(40-27)14-39-19-11-7-6-10-18(19)28(36)37/h3-13,15-16,20-21,23-24,27H,2,14H2,1H3,(H,36,37)(H2,30,31,32,34,38)/t20?,21-,23?,24?,27?/m0/s1. The highest BCUT2D eigenvalue weighted by Crippen LogP contribution is 2.41. The molecule has 2 saturated heterocycles. The SMILES string of the molecule is CCNC(=O)Nc1ncnc2c1ncn2C1OC(COc2ccccc2C(=O)O)C2O[C@H](C=Cc3ccccc3)OC21. The first kappa shape index (κ1) is 27.3. The van der Waals surface area contributed by atoms with Gasteiger partial charge in [-0.1, -0.05) is 48.5 Å². The number of carbonyl (C=O) groups is 2. The van der Waals surface area contributed by atoms with Gasteiger partial charge in [0.2, 0.25) is 0 Å². The van der Waals surface area contributed by atoms with Gasteiger partial charge in [-0.3, -0.25) is 9.88 Å². The van der Waals surface area contributed by atoms with Crippen molar-refractivity contribution in [3.63, 3.8) is 0 Å². The van der Waals surface area contributed by atoms with Crippen LogP contribution in [0.5, 0.6) is 5.75 Å². The summed E-state index contributed by atoms with van der Waals surface area (Å²) in [5.74, 6) is -0.631. The second-order valence-corrected chi connectivity index (χ2v) is 9.55. The maximum absolute atomic E-state index is 12.1. The van der Waals surface area contributed by atoms with Gasteiger partial charge < -0.3 is 29.4 Å². The van der Waals surface area contributed by atoms with Crippen LogP contribution in [-0.2, 0) is 14.2 Å². The third-order valence-corrected chi connectivity index (χ3v) is 6.84. The molecule has 13 heteroatoms. The minimum Gasteiger partial charge on any atom is -0.490 e. The number of rotatable bonds is 9. The summed E-state index contributed by atoms with van der Waals surface area (Å²) in [6.07, 6.45) is 3.48. The first-order chi connectivity index (χ1) is 20.5. The molecule has 2 aromatic heterocycles. The largest absolute Gasteiger partial charge is 0.490 e. The number of anilines is 1. The van der Waals surface area contributed by atoms with Crippen molar-refractivity contribution in [3.05, 3.63) is 84.5 Å². The Kier molecular flexibility index (Phi) is 7.77. The van der Waals surface area contributed by atoms with Gasteiger partial charge in [0.1, 0.15) is 42.6 Å². The highest BCUT2D eigenvalue weighted by molar-refractivity contribution is 5.95. The van der Waals surface area contributed by atoms with Crippen molar-refractivity contribution in [1.29, 1.82) is 0 Å². The summed E-state index contributed by atoms with van der Waals surface area (Å²) < 4.78 is 26.6. The van der Waals surface area contributed by atoms with Gasteiger partial charge in [0.05, 0.1) is 6.33 Å². The number of carboxylic acid groups (broad SMARTS) is 1. The van der Waals surface area contributed by atoms with Crippen molar-refractivity contribution in [2.24, 2.45) is 0 Å². The Balaban J connectivity index is 1.28. The Morgan fingerprint density at radius 1 is 1.02 bits per heavy atom. The zero-order chi connectivity index (χ0) is 29.1. The van der Waals surface area contributed by atoms with Gasteiger partial charge in [0, 0.05) is 6.54 Å². The average molecular weight is 573 g/mol. The predicted octanol–water partition coefficient (Wildman–Crippen LogP) is 3.47. The Bertz CT molecular complexity index is 1610. The number of fused-ring (bicyclic) bond motifs is 2. The molecule has 2 amide bonds. The van der Waals surface area contributed by atoms with E-state index in [0.717, 1.165) is 5.56 Å². The van der Waals surface area contributed by atoms with Gasteiger partial charge in [0.15, 0.2) is 29.5 Å². The number of hydrogen-bond donors (Lipinski definition) is 3. The van der Waals surface area contributed by atoms with E-state index in [-0.39, 0.29) is 23.7 Å². The number of nitrogens with one attached hydrogen (secondary N) is 2. The summed E-state index contributed by atoms with van der Waals surface area (Å²) in [5, 5.41) is 14.9. The molecule has 2 aliphatic heterocycles. The molecule has 0 saturated carbocycles. The molecule has 216 valence electrons. The molecule has 0 aliphatic carbocycles. The number of para-hydroxylation sites is 1. The average Bonchev–Trinajstić information content (AvgIpc) is 3.70. The fourth-order valence-electron chi connectivity index (χ4n) is 4.94. The van der Waals surface area contributed by atoms with E-state index in [1.54, 1.807) is 29.1 Å². The summed E-state index contributed by atoms with van der Waals surface area (Å²) in [4.78, 5) is 36.8. The van der Waals surface area contributed by atoms with Crippen LogP contribution in [0.3, 0.4) is 0 Å². The molecule has 2 aromatic carbocycles. The summed E-state index contributed by atoms with van der Waals surface area (Å²) in [6, 6.07) is 15.8. The normalized spacial score (nSPS) is 23.2. The van der Waals surface area contributed by atoms with Gasteiger partial charge in [-0.25, -0.2) is 24.5 Å². The molecule has 4 unspecified atom stereocenters. The van der Waals surface area contributed by atoms with E-state index >= 15 is 0 Å². The summed E-state index contributed by atoms with van der Waals surface area (Å²) in [7, 11) is 0. The second kappa shape index (κ2) is 11.9. The topological polar surface area (TPSA) is 159 Å². The van der Waals surface area contributed by atoms with E-state index in [4.69, 9.17) is 18.9 Å². The highest BCUT2D eigenvalue weighted by atomic mass is 16.8. The van der Waals surface area contributed by atoms with Crippen molar-refractivity contribution >= 4 is 35.1 Å². The molecule has 0 spiro atoms. The number of urea groups is 1. The number of imidazole rings is 1. The number of nitrogens with zero attached hydrogens (tertiary/aromatic N) is 4. The van der Waals surface area contributed by atoms with Crippen LogP contribution >= 0.6 is 0 Å². The first-order valence-corrected chi connectivity index (χ1v) is 13.4. The minimum absolute atomic E-state index is 0.00600. The number of aromatic carboxylic acids is 1. The Hall–Kier alpha value is -4.85. The number of ether oxygens (including phenoxy) is 4. The van der Waals surface area contributed by atoms with E-state index < -0.39 is 42.8 Å². The molecular formula is C29H28N6O7. The van der Waals surface area contributed by atoms with Crippen LogP contribution in [0.2, 0.25) is 0 Å². The summed E-state index contributed by atoms with van der Waals surface area (Å²) in [5.41, 5.74) is 1.83. The predicted molar refractivity (Wildman–Crippen MR) is 150 cm³/mol. The zero-order valence-electron chi connectivity index (χ0n) is 22.5. The van der Waals surface area contributed by atoms with Crippen LogP contribution in [0.25, 0.3) is 17.2 Å². The fraction of sp³-hybridized carbons (Fsp3) is 0.276. The molecule has 5 atom stereocenters. The zero-order valence-corrected chi connectivity index (χ0v) is 22.5. The molecule has 0 radical (unpaired) electrons. The van der Waals surface area contributed by atoms with Crippen molar-refractivity contribution in [2.75, 3.05) is 18.5 Å². The molecule has 42 heavy (non-hydrogen) atoms. The monoisotopic (exact) mass is 572 g/mol. The molecule has 6 rings (SSSR count). The number of aromatic nitrogens is 4. The van der Waals surface area contributed by atoms with E-state index in [1.165, 1.54) is 12.4 Å². The number of benzene rings is 2. The van der Waals surface area contributed by atoms with E-state index in [9.17, 15) is 14.7 Å². The number of hydrogen-bond acceptors (Lipinski definition) is 9. The molecule has 2 aliphatic rings. The van der Waals surface area contributed by atoms with Gasteiger partial charge in [-0.05, 0) is 30.7 Å². The minimum atomic E-state index is -1.10. The van der Waals surface area contributed by atoms with Gasteiger partial charge in [0.25, 0.3) is 0 Å². The lowest BCUT2D eigenvalue weighted by molar-refractivity contribution is -0.131. The number of carboxylic acids is 1. The van der Waals surface area contributed by atoms with Gasteiger partial charge in [-0.2, -0.15) is 0 Å². The van der Waals surface area contributed by atoms with E-state index in [0.29, 0.717) is 17.7 Å². The van der Waals surface area contributed by atoms with E-state index in [2.05, 4.69) is 25.6 Å². The van der Waals surface area contributed by atoms with Gasteiger partial charge >= 0.3 is 12.0 Å². The van der Waals surface area contributed by atoms with Crippen LogP contribution in [0.15, 0.2) is 73.3 Å². The van der Waals surface area contributed by atoms with Crippen molar-refractivity contribution in [3.8, 4) is 5.75 Å². The highest BCUT2D eigenvalue weighted by Gasteiger charge is 2.53. The molecule has 3 N–H and O–H groups in total. The molecular weight excluding hydrogens is 544 g/mol. The van der Waals surface area contributed by atoms with Crippen LogP contribution in [0, 0.1) is 0 Å². The van der Waals surface area contributed by atoms with Crippen molar-refractivity contribution < 1.29 is 33.6 Å². The maximum atomic E-state index is 12.1. The maximum Gasteiger partial charge on any atom is 0.339 e. The Morgan fingerprint density at radius 3 is 2.62 bits per heavy atom. The van der Waals surface area contributed by atoms with Gasteiger partial charge in [-0.15, -0.1) is 0 Å². The first-order valence-electron chi connectivity index (χ1n) is 13.4. The lowest BCUT2D eigenvalue weighted by Crippen LogP contribution is -2.33. The Morgan fingerprint density at radius 2 is 1.81 bits per heavy atom. The molecule has 2 fully saturated rings. The molecule has 4 aromatic rings. The molecule has 13 nitrogen and oxygen atoms in total. The van der Waals surface area contributed by atoms with E-state index in [1.807, 2.05) is 49.4 Å². The van der Waals surface area contributed by atoms with Crippen LogP contribution in [0.1, 0.15) is 29.1 Å². The fourth-order valence-corrected chi connectivity index (χ4v) is 4.94. The number of carbonyl (C=O) groups excluding carboxylic acids is 1. The lowest BCUT2D eigenvalue weighted by atomic mass is 10.1. The third-order valence-electron chi connectivity index (χ3n) is 6.84. The van der Waals surface area contributed by atoms with Crippen LogP contribution in [-0.4, -0.2) is 74.4 Å². The van der Waals surface area contributed by atoms with Crippen molar-refractivity contribution in [2.45, 2.75) is 37.8 Å². The van der Waals surface area contributed by atoms with Crippen molar-refractivity contribution in [1.82, 2.24) is 24.8 Å². The summed E-state index contributed by atoms with van der Waals surface area (Å²) >= 11 is 0. The third kappa shape index (κ3) is 5.52.